The second-order valence-corrected chi connectivity index (χ2v) is 7.52. The lowest BCUT2D eigenvalue weighted by atomic mass is 10.2. The molecule has 1 fully saturated rings. The van der Waals surface area contributed by atoms with E-state index in [2.05, 4.69) is 20.1 Å². The van der Waals surface area contributed by atoms with Crippen molar-refractivity contribution < 1.29 is 18.8 Å². The molecule has 0 spiro atoms. The molecule has 0 saturated carbocycles. The van der Waals surface area contributed by atoms with Crippen LogP contribution in [0.2, 0.25) is 0 Å². The summed E-state index contributed by atoms with van der Waals surface area (Å²) >= 11 is 0. The summed E-state index contributed by atoms with van der Waals surface area (Å²) in [5, 5.41) is 4.01. The van der Waals surface area contributed by atoms with Crippen molar-refractivity contribution in [2.45, 2.75) is 12.5 Å². The number of carbonyl (C=O) groups excluding carboxylic acids is 1. The third kappa shape index (κ3) is 4.38. The van der Waals surface area contributed by atoms with E-state index < -0.39 is 0 Å². The summed E-state index contributed by atoms with van der Waals surface area (Å²) in [5.74, 6) is 1.91. The maximum absolute atomic E-state index is 12.9. The Morgan fingerprint density at radius 3 is 2.91 bits per heavy atom. The maximum Gasteiger partial charge on any atom is 0.262 e. The van der Waals surface area contributed by atoms with Crippen LogP contribution in [0.25, 0.3) is 23.0 Å². The Balaban J connectivity index is 1.30. The molecule has 0 aliphatic carbocycles. The van der Waals surface area contributed by atoms with Crippen LogP contribution in [0.3, 0.4) is 0 Å². The summed E-state index contributed by atoms with van der Waals surface area (Å²) in [5.41, 5.74) is 1.80. The van der Waals surface area contributed by atoms with Crippen molar-refractivity contribution in [1.29, 1.82) is 0 Å². The van der Waals surface area contributed by atoms with Gasteiger partial charge < -0.3 is 18.9 Å². The second-order valence-electron chi connectivity index (χ2n) is 7.52. The molecule has 1 unspecified atom stereocenters. The molecular formula is C24H21N5O4. The number of rotatable bonds is 6. The van der Waals surface area contributed by atoms with Crippen LogP contribution in [0.4, 0.5) is 0 Å². The van der Waals surface area contributed by atoms with Crippen molar-refractivity contribution in [3.63, 3.8) is 0 Å². The van der Waals surface area contributed by atoms with Gasteiger partial charge in [-0.15, -0.1) is 0 Å². The fourth-order valence-corrected chi connectivity index (χ4v) is 3.72. The molecule has 4 aromatic rings. The van der Waals surface area contributed by atoms with Gasteiger partial charge in [0.2, 0.25) is 5.82 Å². The van der Waals surface area contributed by atoms with E-state index in [4.69, 9.17) is 14.0 Å². The van der Waals surface area contributed by atoms with E-state index in [0.29, 0.717) is 53.1 Å². The predicted molar refractivity (Wildman–Crippen MR) is 119 cm³/mol. The molecule has 166 valence electrons. The van der Waals surface area contributed by atoms with Crippen molar-refractivity contribution in [2.75, 3.05) is 20.2 Å². The standard InChI is InChI=1S/C24H21N5O4/c1-31-17-6-4-5-16(13-17)24(30)29-12-9-18(15-29)32-21-8-3-2-7-19(21)23-27-22(28-33-23)20-14-25-10-11-26-20/h2-8,10-11,13-14,18H,9,12,15H2,1H3. The number of hydrogen-bond acceptors (Lipinski definition) is 8. The van der Waals surface area contributed by atoms with Crippen LogP contribution in [-0.2, 0) is 0 Å². The molecule has 0 N–H and O–H groups in total. The molecule has 33 heavy (non-hydrogen) atoms. The lowest BCUT2D eigenvalue weighted by molar-refractivity contribution is 0.0772. The Kier molecular flexibility index (Phi) is 5.67. The minimum atomic E-state index is -0.150. The quantitative estimate of drug-likeness (QED) is 0.446. The van der Waals surface area contributed by atoms with Crippen LogP contribution in [0.5, 0.6) is 11.5 Å². The minimum Gasteiger partial charge on any atom is -0.497 e. The van der Waals surface area contributed by atoms with Gasteiger partial charge >= 0.3 is 0 Å². The molecule has 3 heterocycles. The molecule has 2 aromatic heterocycles. The smallest absolute Gasteiger partial charge is 0.262 e. The monoisotopic (exact) mass is 443 g/mol. The van der Waals surface area contributed by atoms with E-state index in [0.717, 1.165) is 6.42 Å². The molecule has 0 radical (unpaired) electrons. The Morgan fingerprint density at radius 2 is 2.06 bits per heavy atom. The van der Waals surface area contributed by atoms with E-state index >= 15 is 0 Å². The van der Waals surface area contributed by atoms with Crippen LogP contribution in [-0.4, -0.2) is 57.2 Å². The molecule has 0 bridgehead atoms. The Labute approximate surface area is 190 Å². The number of amides is 1. The van der Waals surface area contributed by atoms with Crippen molar-refractivity contribution in [1.82, 2.24) is 25.0 Å². The number of para-hydroxylation sites is 1. The summed E-state index contributed by atoms with van der Waals surface area (Å²) in [4.78, 5) is 27.4. The Hall–Kier alpha value is -4.27. The fraction of sp³-hybridized carbons (Fsp3) is 0.208. The van der Waals surface area contributed by atoms with E-state index in [1.54, 1.807) is 42.7 Å². The average Bonchev–Trinajstić information content (AvgIpc) is 3.55. The van der Waals surface area contributed by atoms with Gasteiger partial charge in [-0.2, -0.15) is 4.98 Å². The van der Waals surface area contributed by atoms with Gasteiger partial charge in [0.1, 0.15) is 23.3 Å². The molecule has 9 nitrogen and oxygen atoms in total. The first-order valence-electron chi connectivity index (χ1n) is 10.5. The Bertz CT molecular complexity index is 1260. The summed E-state index contributed by atoms with van der Waals surface area (Å²) < 4.78 is 17.0. The third-order valence-corrected chi connectivity index (χ3v) is 5.38. The molecular weight excluding hydrogens is 422 g/mol. The molecule has 1 aliphatic heterocycles. The van der Waals surface area contributed by atoms with Gasteiger partial charge in [0.25, 0.3) is 11.8 Å². The first-order chi connectivity index (χ1) is 16.2. The molecule has 1 aliphatic rings. The van der Waals surface area contributed by atoms with Crippen LogP contribution < -0.4 is 9.47 Å². The highest BCUT2D eigenvalue weighted by atomic mass is 16.5. The lowest BCUT2D eigenvalue weighted by Crippen LogP contribution is -2.31. The predicted octanol–water partition coefficient (Wildman–Crippen LogP) is 3.50. The highest BCUT2D eigenvalue weighted by Gasteiger charge is 2.29. The minimum absolute atomic E-state index is 0.0428. The van der Waals surface area contributed by atoms with E-state index in [-0.39, 0.29) is 12.0 Å². The molecule has 1 atom stereocenters. The van der Waals surface area contributed by atoms with Crippen molar-refractivity contribution in [3.8, 4) is 34.5 Å². The molecule has 1 saturated heterocycles. The molecule has 1 amide bonds. The first-order valence-corrected chi connectivity index (χ1v) is 10.5. The number of carbonyl (C=O) groups is 1. The number of ether oxygens (including phenoxy) is 2. The SMILES string of the molecule is COc1cccc(C(=O)N2CCC(Oc3ccccc3-c3nc(-c4cnccn4)no3)C2)c1. The van der Waals surface area contributed by atoms with Gasteiger partial charge in [-0.1, -0.05) is 23.4 Å². The largest absolute Gasteiger partial charge is 0.497 e. The van der Waals surface area contributed by atoms with E-state index in [1.165, 1.54) is 0 Å². The molecule has 9 heteroatoms. The lowest BCUT2D eigenvalue weighted by Gasteiger charge is -2.18. The zero-order valence-corrected chi connectivity index (χ0v) is 17.9. The highest BCUT2D eigenvalue weighted by molar-refractivity contribution is 5.94. The van der Waals surface area contributed by atoms with Gasteiger partial charge in [0, 0.05) is 30.9 Å². The Morgan fingerprint density at radius 1 is 1.15 bits per heavy atom. The number of likely N-dealkylation sites (tertiary alicyclic amines) is 1. The maximum atomic E-state index is 12.9. The van der Waals surface area contributed by atoms with Crippen LogP contribution in [0, 0.1) is 0 Å². The zero-order chi connectivity index (χ0) is 22.6. The van der Waals surface area contributed by atoms with Crippen LogP contribution in [0.15, 0.2) is 71.6 Å². The summed E-state index contributed by atoms with van der Waals surface area (Å²) in [6.45, 7) is 1.10. The van der Waals surface area contributed by atoms with Crippen LogP contribution >= 0.6 is 0 Å². The van der Waals surface area contributed by atoms with Gasteiger partial charge in [0.05, 0.1) is 25.4 Å². The summed E-state index contributed by atoms with van der Waals surface area (Å²) in [6.07, 6.45) is 5.30. The highest BCUT2D eigenvalue weighted by Crippen LogP contribution is 2.32. The van der Waals surface area contributed by atoms with Crippen molar-refractivity contribution in [3.05, 3.63) is 72.7 Å². The number of aromatic nitrogens is 4. The number of benzene rings is 2. The van der Waals surface area contributed by atoms with Gasteiger partial charge in [0.15, 0.2) is 0 Å². The van der Waals surface area contributed by atoms with E-state index in [9.17, 15) is 4.79 Å². The van der Waals surface area contributed by atoms with Crippen molar-refractivity contribution >= 4 is 5.91 Å². The molecule has 5 rings (SSSR count). The van der Waals surface area contributed by atoms with Gasteiger partial charge in [-0.3, -0.25) is 9.78 Å². The topological polar surface area (TPSA) is 103 Å². The number of methoxy groups -OCH3 is 1. The second kappa shape index (κ2) is 9.07. The van der Waals surface area contributed by atoms with Gasteiger partial charge in [-0.05, 0) is 30.3 Å². The molecule has 2 aromatic carbocycles. The van der Waals surface area contributed by atoms with E-state index in [1.807, 2.05) is 36.4 Å². The number of hydrogen-bond donors (Lipinski definition) is 0. The first kappa shape index (κ1) is 20.6. The summed E-state index contributed by atoms with van der Waals surface area (Å²) in [7, 11) is 1.58. The zero-order valence-electron chi connectivity index (χ0n) is 17.9. The fourth-order valence-electron chi connectivity index (χ4n) is 3.72. The summed E-state index contributed by atoms with van der Waals surface area (Å²) in [6, 6.07) is 14.6. The average molecular weight is 443 g/mol. The normalized spacial score (nSPS) is 15.4. The third-order valence-electron chi connectivity index (χ3n) is 5.38. The number of nitrogens with zero attached hydrogens (tertiary/aromatic N) is 5. The van der Waals surface area contributed by atoms with Crippen LogP contribution in [0.1, 0.15) is 16.8 Å². The van der Waals surface area contributed by atoms with Crippen molar-refractivity contribution in [2.24, 2.45) is 0 Å². The van der Waals surface area contributed by atoms with Gasteiger partial charge in [-0.25, -0.2) is 4.98 Å².